The van der Waals surface area contributed by atoms with Gasteiger partial charge in [-0.25, -0.2) is 8.42 Å². The van der Waals surface area contributed by atoms with E-state index in [4.69, 9.17) is 0 Å². The molecule has 3 aromatic rings. The summed E-state index contributed by atoms with van der Waals surface area (Å²) in [5.41, 5.74) is 1.91. The zero-order valence-electron chi connectivity index (χ0n) is 21.2. The fraction of sp³-hybridized carbons (Fsp3) is 0.269. The molecule has 0 amide bonds. The second kappa shape index (κ2) is 10.6. The predicted molar refractivity (Wildman–Crippen MR) is 144 cm³/mol. The van der Waals surface area contributed by atoms with Crippen LogP contribution in [0.4, 0.5) is 5.69 Å². The zero-order chi connectivity index (χ0) is 27.7. The van der Waals surface area contributed by atoms with Crippen molar-refractivity contribution < 1.29 is 21.8 Å². The number of sulfonamides is 2. The van der Waals surface area contributed by atoms with Crippen LogP contribution >= 0.6 is 0 Å². The summed E-state index contributed by atoms with van der Waals surface area (Å²) >= 11 is 0. The smallest absolute Gasteiger partial charge is 0.283 e. The van der Waals surface area contributed by atoms with Gasteiger partial charge in [-0.15, -0.1) is 4.40 Å². The van der Waals surface area contributed by atoms with Crippen molar-refractivity contribution in [3.8, 4) is 0 Å². The molecule has 12 heteroatoms. The molecule has 0 aromatic heterocycles. The van der Waals surface area contributed by atoms with Crippen LogP contribution in [0.3, 0.4) is 0 Å². The number of hydrogen-bond acceptors (Lipinski definition) is 6. The normalized spacial score (nSPS) is 17.4. The van der Waals surface area contributed by atoms with Gasteiger partial charge < -0.3 is 4.90 Å². The van der Waals surface area contributed by atoms with E-state index in [1.54, 1.807) is 35.2 Å². The molecule has 0 saturated carbocycles. The highest BCUT2D eigenvalue weighted by Crippen LogP contribution is 2.36. The Morgan fingerprint density at radius 3 is 2.05 bits per heavy atom. The Labute approximate surface area is 222 Å². The van der Waals surface area contributed by atoms with Crippen molar-refractivity contribution in [2.45, 2.75) is 43.1 Å². The molecule has 1 saturated heterocycles. The van der Waals surface area contributed by atoms with Gasteiger partial charge >= 0.3 is 0 Å². The van der Waals surface area contributed by atoms with Gasteiger partial charge in [0.1, 0.15) is 12.0 Å². The first-order valence-electron chi connectivity index (χ1n) is 11.9. The molecule has 10 nitrogen and oxygen atoms in total. The molecule has 1 heterocycles. The molecule has 0 N–H and O–H groups in total. The summed E-state index contributed by atoms with van der Waals surface area (Å²) in [6.45, 7) is 5.62. The zero-order valence-corrected chi connectivity index (χ0v) is 22.8. The fourth-order valence-corrected chi connectivity index (χ4v) is 7.02. The summed E-state index contributed by atoms with van der Waals surface area (Å²) in [6.07, 6.45) is -0.652. The van der Waals surface area contributed by atoms with Crippen molar-refractivity contribution in [3.63, 3.8) is 0 Å². The monoisotopic (exact) mass is 556 g/mol. The first kappa shape index (κ1) is 27.4. The molecule has 1 atom stereocenters. The Balaban J connectivity index is 1.84. The van der Waals surface area contributed by atoms with E-state index < -0.39 is 31.1 Å². The Bertz CT molecular complexity index is 1590. The molecule has 4 rings (SSSR count). The van der Waals surface area contributed by atoms with Crippen molar-refractivity contribution in [2.75, 3.05) is 13.1 Å². The summed E-state index contributed by atoms with van der Waals surface area (Å²) < 4.78 is 59.1. The molecule has 200 valence electrons. The van der Waals surface area contributed by atoms with Crippen LogP contribution in [-0.2, 0) is 20.0 Å². The van der Waals surface area contributed by atoms with Crippen LogP contribution in [0, 0.1) is 24.0 Å². The van der Waals surface area contributed by atoms with Crippen molar-refractivity contribution in [1.82, 2.24) is 9.21 Å². The van der Waals surface area contributed by atoms with Crippen molar-refractivity contribution >= 4 is 31.6 Å². The van der Waals surface area contributed by atoms with Crippen LogP contribution < -0.4 is 0 Å². The summed E-state index contributed by atoms with van der Waals surface area (Å²) in [5, 5.41) is 11.5. The lowest BCUT2D eigenvalue weighted by molar-refractivity contribution is -0.385. The van der Waals surface area contributed by atoms with Crippen LogP contribution in [-0.4, -0.2) is 49.9 Å². The largest absolute Gasteiger partial charge is 0.339 e. The third kappa shape index (κ3) is 5.62. The summed E-state index contributed by atoms with van der Waals surface area (Å²) in [6, 6.07) is 18.4. The molecule has 0 radical (unpaired) electrons. The average Bonchev–Trinajstić information content (AvgIpc) is 2.88. The van der Waals surface area contributed by atoms with Gasteiger partial charge in [0, 0.05) is 25.2 Å². The van der Waals surface area contributed by atoms with Gasteiger partial charge in [-0.05, 0) is 57.0 Å². The minimum atomic E-state index is -4.09. The first-order chi connectivity index (χ1) is 17.9. The van der Waals surface area contributed by atoms with E-state index >= 15 is 0 Å². The highest BCUT2D eigenvalue weighted by molar-refractivity contribution is 7.90. The van der Waals surface area contributed by atoms with Crippen LogP contribution in [0.1, 0.15) is 36.2 Å². The van der Waals surface area contributed by atoms with E-state index in [1.165, 1.54) is 53.7 Å². The van der Waals surface area contributed by atoms with E-state index in [-0.39, 0.29) is 27.9 Å². The second-order valence-corrected chi connectivity index (χ2v) is 12.6. The maximum absolute atomic E-state index is 13.8. The summed E-state index contributed by atoms with van der Waals surface area (Å²) in [4.78, 5) is 12.6. The number of aryl methyl sites for hydroxylation is 2. The fourth-order valence-electron chi connectivity index (χ4n) is 4.37. The minimum Gasteiger partial charge on any atom is -0.339 e. The van der Waals surface area contributed by atoms with E-state index in [2.05, 4.69) is 4.40 Å². The highest BCUT2D eigenvalue weighted by atomic mass is 32.2. The maximum atomic E-state index is 13.8. The van der Waals surface area contributed by atoms with E-state index in [0.717, 1.165) is 11.1 Å². The molecule has 0 spiro atoms. The first-order valence-corrected chi connectivity index (χ1v) is 14.8. The average molecular weight is 557 g/mol. The van der Waals surface area contributed by atoms with Crippen molar-refractivity contribution in [3.05, 3.63) is 99.6 Å². The third-order valence-corrected chi connectivity index (χ3v) is 9.58. The number of hydrogen-bond donors (Lipinski definition) is 0. The van der Waals surface area contributed by atoms with E-state index in [0.29, 0.717) is 18.5 Å². The molecular formula is C26H28N4O6S2. The van der Waals surface area contributed by atoms with Crippen LogP contribution in [0.5, 0.6) is 0 Å². The maximum Gasteiger partial charge on any atom is 0.283 e. The molecule has 1 aliphatic rings. The van der Waals surface area contributed by atoms with Gasteiger partial charge in [0.2, 0.25) is 10.0 Å². The number of non-ortho nitro benzene ring substituents is 1. The number of nitrogens with zero attached hydrogens (tertiary/aromatic N) is 4. The second-order valence-electron chi connectivity index (χ2n) is 9.13. The van der Waals surface area contributed by atoms with Gasteiger partial charge in [-0.2, -0.15) is 12.7 Å². The van der Waals surface area contributed by atoms with E-state index in [9.17, 15) is 26.9 Å². The molecule has 1 unspecified atom stereocenters. The minimum absolute atomic E-state index is 0.00971. The number of benzene rings is 3. The van der Waals surface area contributed by atoms with Crippen LogP contribution in [0.2, 0.25) is 0 Å². The van der Waals surface area contributed by atoms with Gasteiger partial charge in [-0.1, -0.05) is 47.5 Å². The predicted octanol–water partition coefficient (Wildman–Crippen LogP) is 4.41. The Morgan fingerprint density at radius 2 is 1.47 bits per heavy atom. The van der Waals surface area contributed by atoms with Crippen molar-refractivity contribution in [1.29, 1.82) is 0 Å². The molecule has 0 bridgehead atoms. The topological polar surface area (TPSA) is 130 Å². The van der Waals surface area contributed by atoms with Crippen molar-refractivity contribution in [2.24, 2.45) is 4.40 Å². The third-order valence-electron chi connectivity index (χ3n) is 6.34. The van der Waals surface area contributed by atoms with Crippen LogP contribution in [0.25, 0.3) is 0 Å². The van der Waals surface area contributed by atoms with Gasteiger partial charge in [-0.3, -0.25) is 10.1 Å². The summed E-state index contributed by atoms with van der Waals surface area (Å²) in [7, 11) is -8.15. The lowest BCUT2D eigenvalue weighted by Gasteiger charge is -2.44. The Kier molecular flexibility index (Phi) is 7.68. The molecule has 0 aliphatic carbocycles. The molecule has 3 aromatic carbocycles. The molecule has 1 fully saturated rings. The Hall–Kier alpha value is -3.61. The molecule has 38 heavy (non-hydrogen) atoms. The van der Waals surface area contributed by atoms with Gasteiger partial charge in [0.15, 0.2) is 0 Å². The lowest BCUT2D eigenvalue weighted by Crippen LogP contribution is -2.51. The number of nitro groups is 1. The number of amidine groups is 1. The van der Waals surface area contributed by atoms with E-state index in [1.807, 2.05) is 13.8 Å². The van der Waals surface area contributed by atoms with Gasteiger partial charge in [0.05, 0.1) is 14.7 Å². The molecule has 1 aliphatic heterocycles. The van der Waals surface area contributed by atoms with Gasteiger partial charge in [0.25, 0.3) is 15.7 Å². The SMILES string of the molecule is C/C(=N\S(=O)(=O)c1ccc(C)cc1)N1CCCN(S(=O)(=O)c2ccc(C)cc2)C1c1cccc([N+](=O)[O-])c1. The quantitative estimate of drug-likeness (QED) is 0.190. The highest BCUT2D eigenvalue weighted by Gasteiger charge is 2.40. The standard InChI is InChI=1S/C26H28N4O6S2/c1-19-8-12-24(13-9-19)37(33,34)27-21(3)28-16-5-17-29(38(35,36)25-14-10-20(2)11-15-25)26(28)22-6-4-7-23(18-22)30(31)32/h4,6-15,18,26H,5,16-17H2,1-3H3/b27-21+. The summed E-state index contributed by atoms with van der Waals surface area (Å²) in [5.74, 6) is 0.0749. The van der Waals surface area contributed by atoms with Crippen LogP contribution in [0.15, 0.2) is 87.0 Å². The Morgan fingerprint density at radius 1 is 0.895 bits per heavy atom. The number of rotatable bonds is 6. The number of nitro benzene ring substituents is 1. The lowest BCUT2D eigenvalue weighted by atomic mass is 10.1. The molecular weight excluding hydrogens is 528 g/mol.